The van der Waals surface area contributed by atoms with E-state index in [1.807, 2.05) is 0 Å². The van der Waals surface area contributed by atoms with Gasteiger partial charge >= 0.3 is 6.61 Å². The van der Waals surface area contributed by atoms with Crippen molar-refractivity contribution in [3.05, 3.63) is 23.8 Å². The van der Waals surface area contributed by atoms with Crippen molar-refractivity contribution < 1.29 is 23.4 Å². The van der Waals surface area contributed by atoms with Gasteiger partial charge in [0.15, 0.2) is 0 Å². The first-order valence-electron chi connectivity index (χ1n) is 6.60. The van der Waals surface area contributed by atoms with Gasteiger partial charge in [0.2, 0.25) is 0 Å². The van der Waals surface area contributed by atoms with Gasteiger partial charge in [-0.15, -0.1) is 0 Å². The summed E-state index contributed by atoms with van der Waals surface area (Å²) in [5.74, 6) is 0.755. The Kier molecular flexibility index (Phi) is 5.14. The molecule has 112 valence electrons. The van der Waals surface area contributed by atoms with E-state index in [0.29, 0.717) is 30.4 Å². The highest BCUT2D eigenvalue weighted by Crippen LogP contribution is 2.32. The monoisotopic (exact) mass is 287 g/mol. The molecule has 1 saturated carbocycles. The molecule has 0 amide bonds. The summed E-state index contributed by atoms with van der Waals surface area (Å²) < 4.78 is 34.5. The van der Waals surface area contributed by atoms with E-state index in [1.54, 1.807) is 12.1 Å². The van der Waals surface area contributed by atoms with Gasteiger partial charge in [-0.05, 0) is 31.0 Å². The molecule has 0 heterocycles. The van der Waals surface area contributed by atoms with Gasteiger partial charge < -0.3 is 14.6 Å². The van der Waals surface area contributed by atoms with Crippen LogP contribution in [0.4, 0.5) is 8.78 Å². The summed E-state index contributed by atoms with van der Waals surface area (Å²) in [4.78, 5) is 2.08. The molecule has 0 aliphatic heterocycles. The smallest absolute Gasteiger partial charge is 0.387 e. The minimum atomic E-state index is -2.85. The molecule has 1 N–H and O–H groups in total. The highest BCUT2D eigenvalue weighted by molar-refractivity contribution is 5.40. The van der Waals surface area contributed by atoms with Crippen LogP contribution in [-0.2, 0) is 6.54 Å². The molecule has 1 aliphatic carbocycles. The average molecular weight is 287 g/mol. The van der Waals surface area contributed by atoms with Crippen LogP contribution in [0.25, 0.3) is 0 Å². The van der Waals surface area contributed by atoms with E-state index in [2.05, 4.69) is 9.64 Å². The molecule has 2 rings (SSSR count). The number of aliphatic hydroxyl groups is 1. The zero-order valence-corrected chi connectivity index (χ0v) is 11.4. The summed E-state index contributed by atoms with van der Waals surface area (Å²) >= 11 is 0. The standard InChI is InChI=1S/C14H19F2NO3/c1-19-12-4-5-13(20-14(15)16)10(8-12)9-17(6-7-18)11-2-3-11/h4-5,8,11,14,18H,2-3,6-7,9H2,1H3. The van der Waals surface area contributed by atoms with Crippen LogP contribution < -0.4 is 9.47 Å². The maximum atomic E-state index is 12.4. The second-order valence-electron chi connectivity index (χ2n) is 4.78. The van der Waals surface area contributed by atoms with Crippen LogP contribution in [0, 0.1) is 0 Å². The molecule has 1 aromatic rings. The molecule has 0 spiro atoms. The van der Waals surface area contributed by atoms with Gasteiger partial charge in [-0.2, -0.15) is 8.78 Å². The van der Waals surface area contributed by atoms with E-state index in [9.17, 15) is 8.78 Å². The van der Waals surface area contributed by atoms with Crippen molar-refractivity contribution in [3.8, 4) is 11.5 Å². The first kappa shape index (κ1) is 15.0. The quantitative estimate of drug-likeness (QED) is 0.796. The molecule has 0 aromatic heterocycles. The average Bonchev–Trinajstić information content (AvgIpc) is 3.24. The molecule has 0 atom stereocenters. The summed E-state index contributed by atoms with van der Waals surface area (Å²) in [6.07, 6.45) is 2.16. The van der Waals surface area contributed by atoms with Gasteiger partial charge in [-0.3, -0.25) is 4.90 Å². The summed E-state index contributed by atoms with van der Waals surface area (Å²) in [5, 5.41) is 9.09. The summed E-state index contributed by atoms with van der Waals surface area (Å²) in [6.45, 7) is -1.82. The molecule has 1 aromatic carbocycles. The number of hydrogen-bond acceptors (Lipinski definition) is 4. The van der Waals surface area contributed by atoms with Gasteiger partial charge in [0.25, 0.3) is 0 Å². The van der Waals surface area contributed by atoms with Crippen LogP contribution in [0.2, 0.25) is 0 Å². The Labute approximate surface area is 116 Å². The van der Waals surface area contributed by atoms with Crippen LogP contribution in [-0.4, -0.2) is 42.9 Å². The third-order valence-corrected chi connectivity index (χ3v) is 3.31. The van der Waals surface area contributed by atoms with Crippen molar-refractivity contribution in [2.24, 2.45) is 0 Å². The zero-order valence-electron chi connectivity index (χ0n) is 11.4. The van der Waals surface area contributed by atoms with Crippen molar-refractivity contribution in [3.63, 3.8) is 0 Å². The number of methoxy groups -OCH3 is 1. The minimum Gasteiger partial charge on any atom is -0.497 e. The largest absolute Gasteiger partial charge is 0.497 e. The maximum Gasteiger partial charge on any atom is 0.387 e. The zero-order chi connectivity index (χ0) is 14.5. The fourth-order valence-electron chi connectivity index (χ4n) is 2.19. The highest BCUT2D eigenvalue weighted by Gasteiger charge is 2.29. The summed E-state index contributed by atoms with van der Waals surface area (Å²) in [7, 11) is 1.53. The Morgan fingerprint density at radius 1 is 1.40 bits per heavy atom. The third-order valence-electron chi connectivity index (χ3n) is 3.31. The molecular weight excluding hydrogens is 268 g/mol. The van der Waals surface area contributed by atoms with E-state index in [4.69, 9.17) is 9.84 Å². The fraction of sp³-hybridized carbons (Fsp3) is 0.571. The number of halogens is 2. The van der Waals surface area contributed by atoms with Crippen molar-refractivity contribution >= 4 is 0 Å². The predicted octanol–water partition coefficient (Wildman–Crippen LogP) is 2.25. The summed E-state index contributed by atoms with van der Waals surface area (Å²) in [6, 6.07) is 5.21. The summed E-state index contributed by atoms with van der Waals surface area (Å²) in [5.41, 5.74) is 0.644. The van der Waals surface area contributed by atoms with Crippen LogP contribution >= 0.6 is 0 Å². The Hall–Kier alpha value is -1.40. The van der Waals surface area contributed by atoms with E-state index in [1.165, 1.54) is 13.2 Å². The third kappa shape index (κ3) is 4.05. The second kappa shape index (κ2) is 6.85. The Morgan fingerprint density at radius 3 is 2.70 bits per heavy atom. The van der Waals surface area contributed by atoms with Crippen LogP contribution in [0.1, 0.15) is 18.4 Å². The van der Waals surface area contributed by atoms with E-state index in [-0.39, 0.29) is 12.4 Å². The number of rotatable bonds is 8. The van der Waals surface area contributed by atoms with Crippen LogP contribution in [0.15, 0.2) is 18.2 Å². The van der Waals surface area contributed by atoms with Gasteiger partial charge in [-0.25, -0.2) is 0 Å². The lowest BCUT2D eigenvalue weighted by Gasteiger charge is -2.22. The van der Waals surface area contributed by atoms with Gasteiger partial charge in [0.05, 0.1) is 13.7 Å². The van der Waals surface area contributed by atoms with Gasteiger partial charge in [0.1, 0.15) is 11.5 Å². The second-order valence-corrected chi connectivity index (χ2v) is 4.78. The Bertz CT molecular complexity index is 438. The normalized spacial score (nSPS) is 14.9. The maximum absolute atomic E-state index is 12.4. The van der Waals surface area contributed by atoms with Crippen molar-refractivity contribution in [2.75, 3.05) is 20.3 Å². The molecule has 0 saturated heterocycles. The SMILES string of the molecule is COc1ccc(OC(F)F)c(CN(CCO)C2CC2)c1. The number of ether oxygens (including phenoxy) is 2. The highest BCUT2D eigenvalue weighted by atomic mass is 19.3. The number of aliphatic hydroxyl groups excluding tert-OH is 1. The molecule has 0 unspecified atom stereocenters. The number of hydrogen-bond donors (Lipinski definition) is 1. The number of alkyl halides is 2. The lowest BCUT2D eigenvalue weighted by molar-refractivity contribution is -0.0508. The molecule has 1 fully saturated rings. The molecule has 6 heteroatoms. The molecule has 4 nitrogen and oxygen atoms in total. The van der Waals surface area contributed by atoms with Crippen molar-refractivity contribution in [2.45, 2.75) is 32.0 Å². The van der Waals surface area contributed by atoms with E-state index < -0.39 is 6.61 Å². The van der Waals surface area contributed by atoms with Crippen molar-refractivity contribution in [1.29, 1.82) is 0 Å². The lowest BCUT2D eigenvalue weighted by atomic mass is 10.1. The molecule has 0 radical (unpaired) electrons. The number of benzene rings is 1. The first-order valence-corrected chi connectivity index (χ1v) is 6.60. The van der Waals surface area contributed by atoms with E-state index in [0.717, 1.165) is 12.8 Å². The van der Waals surface area contributed by atoms with Crippen molar-refractivity contribution in [1.82, 2.24) is 4.90 Å². The fourth-order valence-corrected chi connectivity index (χ4v) is 2.19. The van der Waals surface area contributed by atoms with Gasteiger partial charge in [0, 0.05) is 24.7 Å². The van der Waals surface area contributed by atoms with Gasteiger partial charge in [-0.1, -0.05) is 0 Å². The Balaban J connectivity index is 2.17. The van der Waals surface area contributed by atoms with E-state index >= 15 is 0 Å². The molecular formula is C14H19F2NO3. The number of nitrogens with zero attached hydrogens (tertiary/aromatic N) is 1. The predicted molar refractivity (Wildman–Crippen MR) is 70.1 cm³/mol. The van der Waals surface area contributed by atoms with Crippen LogP contribution in [0.5, 0.6) is 11.5 Å². The Morgan fingerprint density at radius 2 is 2.15 bits per heavy atom. The first-order chi connectivity index (χ1) is 9.63. The molecule has 0 bridgehead atoms. The topological polar surface area (TPSA) is 41.9 Å². The molecule has 20 heavy (non-hydrogen) atoms. The lowest BCUT2D eigenvalue weighted by Crippen LogP contribution is -2.29. The minimum absolute atomic E-state index is 0.0471. The molecule has 1 aliphatic rings. The van der Waals surface area contributed by atoms with Crippen LogP contribution in [0.3, 0.4) is 0 Å².